The van der Waals surface area contributed by atoms with Crippen LogP contribution in [-0.2, 0) is 14.3 Å². The van der Waals surface area contributed by atoms with E-state index in [2.05, 4.69) is 11.4 Å². The summed E-state index contributed by atoms with van der Waals surface area (Å²) in [6.45, 7) is 6.02. The molecule has 1 atom stereocenters. The molecule has 1 aliphatic rings. The lowest BCUT2D eigenvalue weighted by Crippen LogP contribution is -2.50. The predicted molar refractivity (Wildman–Crippen MR) is 99.0 cm³/mol. The van der Waals surface area contributed by atoms with Crippen LogP contribution in [0.1, 0.15) is 32.8 Å². The van der Waals surface area contributed by atoms with Gasteiger partial charge in [-0.05, 0) is 36.6 Å². The van der Waals surface area contributed by atoms with Crippen molar-refractivity contribution in [2.45, 2.75) is 32.7 Å². The fraction of sp³-hybridized carbons (Fsp3) is 0.450. The molecule has 0 saturated heterocycles. The largest absolute Gasteiger partial charge is 0.490 e. The molecule has 1 N–H and O–H groups in total. The Bertz CT molecular complexity index is 766. The summed E-state index contributed by atoms with van der Waals surface area (Å²) in [6, 6.07) is 7.42. The molecule has 1 heterocycles. The number of benzene rings is 1. The number of carbonyl (C=O) groups is 2. The maximum atomic E-state index is 11.9. The highest BCUT2D eigenvalue weighted by Gasteiger charge is 2.30. The Hall–Kier alpha value is -3.01. The van der Waals surface area contributed by atoms with Crippen LogP contribution >= 0.6 is 0 Å². The monoisotopic (exact) mass is 372 g/mol. The minimum atomic E-state index is -1.01. The van der Waals surface area contributed by atoms with Gasteiger partial charge in [0.1, 0.15) is 5.54 Å². The van der Waals surface area contributed by atoms with Gasteiger partial charge >= 0.3 is 5.97 Å². The van der Waals surface area contributed by atoms with Crippen molar-refractivity contribution in [2.24, 2.45) is 5.92 Å². The number of fused-ring (bicyclic) bond motifs is 1. The van der Waals surface area contributed by atoms with Crippen molar-refractivity contribution < 1.29 is 23.8 Å². The summed E-state index contributed by atoms with van der Waals surface area (Å²) in [7, 11) is 0. The van der Waals surface area contributed by atoms with Gasteiger partial charge in [0.05, 0.1) is 19.3 Å². The number of carbonyl (C=O) groups excluding carboxylic acids is 2. The lowest BCUT2D eigenvalue weighted by molar-refractivity contribution is -0.144. The van der Waals surface area contributed by atoms with Crippen LogP contribution in [0, 0.1) is 17.2 Å². The van der Waals surface area contributed by atoms with E-state index >= 15 is 0 Å². The third kappa shape index (κ3) is 5.74. The molecule has 7 nitrogen and oxygen atoms in total. The first kappa shape index (κ1) is 20.3. The van der Waals surface area contributed by atoms with Crippen molar-refractivity contribution in [1.29, 1.82) is 5.26 Å². The van der Waals surface area contributed by atoms with Gasteiger partial charge in [0.2, 0.25) is 0 Å². The first-order valence-corrected chi connectivity index (χ1v) is 8.81. The van der Waals surface area contributed by atoms with E-state index in [1.54, 1.807) is 31.2 Å². The molecule has 1 aromatic rings. The van der Waals surface area contributed by atoms with E-state index in [0.717, 1.165) is 12.0 Å². The molecule has 0 unspecified atom stereocenters. The first-order chi connectivity index (χ1) is 12.8. The number of ether oxygens (including phenoxy) is 3. The average molecular weight is 372 g/mol. The van der Waals surface area contributed by atoms with Crippen LogP contribution in [0.4, 0.5) is 0 Å². The molecule has 0 saturated carbocycles. The molecule has 7 heteroatoms. The van der Waals surface area contributed by atoms with Gasteiger partial charge < -0.3 is 19.5 Å². The molecule has 0 bridgehead atoms. The van der Waals surface area contributed by atoms with Crippen LogP contribution in [-0.4, -0.2) is 37.2 Å². The van der Waals surface area contributed by atoms with E-state index in [0.29, 0.717) is 24.7 Å². The van der Waals surface area contributed by atoms with E-state index in [1.807, 2.05) is 13.8 Å². The Kier molecular flexibility index (Phi) is 6.83. The smallest absolute Gasteiger partial charge is 0.331 e. The third-order valence-corrected chi connectivity index (χ3v) is 4.32. The lowest BCUT2D eigenvalue weighted by Gasteiger charge is -2.27. The standard InChI is InChI=1S/C20H24N2O5/c1-14(2)20(3,13-21)22-18(23)12-27-19(24)8-6-15-5-7-16-17(11-15)26-10-4-9-25-16/h5-8,11,14H,4,9-10,12H2,1-3H3,(H,22,23)/b8-6+/t20-/m1/s1. The van der Waals surface area contributed by atoms with Crippen LogP contribution in [0.25, 0.3) is 6.08 Å². The lowest BCUT2D eigenvalue weighted by atomic mass is 9.90. The highest BCUT2D eigenvalue weighted by molar-refractivity contribution is 5.89. The SMILES string of the molecule is CC(C)[C@@](C)(C#N)NC(=O)COC(=O)/C=C/c1ccc2c(c1)OCCCO2. The summed E-state index contributed by atoms with van der Waals surface area (Å²) in [5.74, 6) is 0.0495. The fourth-order valence-electron chi connectivity index (χ4n) is 2.26. The Morgan fingerprint density at radius 3 is 2.70 bits per heavy atom. The molecular weight excluding hydrogens is 348 g/mol. The number of hydrogen-bond donors (Lipinski definition) is 1. The topological polar surface area (TPSA) is 97.7 Å². The second-order valence-electron chi connectivity index (χ2n) is 6.71. The fourth-order valence-corrected chi connectivity index (χ4v) is 2.26. The number of nitrogens with zero attached hydrogens (tertiary/aromatic N) is 1. The van der Waals surface area contributed by atoms with Gasteiger partial charge in [-0.2, -0.15) is 5.26 Å². The summed E-state index contributed by atoms with van der Waals surface area (Å²) in [6.07, 6.45) is 3.62. The van der Waals surface area contributed by atoms with Crippen molar-refractivity contribution >= 4 is 18.0 Å². The van der Waals surface area contributed by atoms with E-state index in [9.17, 15) is 14.9 Å². The molecule has 1 aliphatic heterocycles. The van der Waals surface area contributed by atoms with Crippen LogP contribution < -0.4 is 14.8 Å². The van der Waals surface area contributed by atoms with E-state index in [-0.39, 0.29) is 5.92 Å². The van der Waals surface area contributed by atoms with Gasteiger partial charge in [-0.25, -0.2) is 4.79 Å². The number of amides is 1. The maximum Gasteiger partial charge on any atom is 0.331 e. The van der Waals surface area contributed by atoms with Gasteiger partial charge in [-0.15, -0.1) is 0 Å². The van der Waals surface area contributed by atoms with E-state index in [1.165, 1.54) is 6.08 Å². The van der Waals surface area contributed by atoms with Crippen molar-refractivity contribution in [3.05, 3.63) is 29.8 Å². The molecule has 2 rings (SSSR count). The zero-order valence-electron chi connectivity index (χ0n) is 15.8. The highest BCUT2D eigenvalue weighted by atomic mass is 16.5. The second kappa shape index (κ2) is 9.08. The zero-order chi connectivity index (χ0) is 19.9. The zero-order valence-corrected chi connectivity index (χ0v) is 15.8. The number of esters is 1. The summed E-state index contributed by atoms with van der Waals surface area (Å²) >= 11 is 0. The molecule has 0 aromatic heterocycles. The van der Waals surface area contributed by atoms with Crippen LogP contribution in [0.5, 0.6) is 11.5 Å². The van der Waals surface area contributed by atoms with Gasteiger partial charge in [-0.1, -0.05) is 19.9 Å². The van der Waals surface area contributed by atoms with Crippen molar-refractivity contribution in [1.82, 2.24) is 5.32 Å². The van der Waals surface area contributed by atoms with Gasteiger partial charge in [0.15, 0.2) is 18.1 Å². The number of hydrogen-bond acceptors (Lipinski definition) is 6. The van der Waals surface area contributed by atoms with Crippen LogP contribution in [0.2, 0.25) is 0 Å². The summed E-state index contributed by atoms with van der Waals surface area (Å²) in [5, 5.41) is 11.8. The second-order valence-corrected chi connectivity index (χ2v) is 6.71. The van der Waals surface area contributed by atoms with Gasteiger partial charge in [0, 0.05) is 12.5 Å². The Balaban J connectivity index is 1.88. The Labute approximate surface area is 158 Å². The molecule has 27 heavy (non-hydrogen) atoms. The van der Waals surface area contributed by atoms with Crippen molar-refractivity contribution in [3.8, 4) is 17.6 Å². The number of nitriles is 1. The molecule has 0 spiro atoms. The van der Waals surface area contributed by atoms with Gasteiger partial charge in [-0.3, -0.25) is 4.79 Å². The summed E-state index contributed by atoms with van der Waals surface area (Å²) < 4.78 is 16.1. The van der Waals surface area contributed by atoms with Crippen LogP contribution in [0.3, 0.4) is 0 Å². The average Bonchev–Trinajstić information content (AvgIpc) is 2.89. The molecule has 1 aromatic carbocycles. The number of rotatable bonds is 6. The molecule has 144 valence electrons. The third-order valence-electron chi connectivity index (χ3n) is 4.32. The Morgan fingerprint density at radius 1 is 1.33 bits per heavy atom. The minimum Gasteiger partial charge on any atom is -0.490 e. The van der Waals surface area contributed by atoms with Crippen LogP contribution in [0.15, 0.2) is 24.3 Å². The van der Waals surface area contributed by atoms with Crippen molar-refractivity contribution in [2.75, 3.05) is 19.8 Å². The highest BCUT2D eigenvalue weighted by Crippen LogP contribution is 2.30. The number of nitrogens with one attached hydrogen (secondary N) is 1. The summed E-state index contributed by atoms with van der Waals surface area (Å²) in [4.78, 5) is 23.7. The Morgan fingerprint density at radius 2 is 2.04 bits per heavy atom. The molecule has 0 aliphatic carbocycles. The molecule has 0 radical (unpaired) electrons. The van der Waals surface area contributed by atoms with Gasteiger partial charge in [0.25, 0.3) is 5.91 Å². The normalized spacial score (nSPS) is 15.5. The predicted octanol–water partition coefficient (Wildman–Crippen LogP) is 2.46. The van der Waals surface area contributed by atoms with E-state index < -0.39 is 24.0 Å². The first-order valence-electron chi connectivity index (χ1n) is 8.81. The molecule has 0 fully saturated rings. The molecular formula is C20H24N2O5. The van der Waals surface area contributed by atoms with E-state index in [4.69, 9.17) is 14.2 Å². The van der Waals surface area contributed by atoms with Crippen molar-refractivity contribution in [3.63, 3.8) is 0 Å². The minimum absolute atomic E-state index is 0.0820. The maximum absolute atomic E-state index is 11.9. The molecule has 1 amide bonds. The summed E-state index contributed by atoms with van der Waals surface area (Å²) in [5.41, 5.74) is -0.263. The quantitative estimate of drug-likeness (QED) is 0.608.